The Hall–Kier alpha value is -3.04. The van der Waals surface area contributed by atoms with Gasteiger partial charge in [-0.1, -0.05) is 54.2 Å². The van der Waals surface area contributed by atoms with Crippen LogP contribution in [0.15, 0.2) is 59.8 Å². The molecular weight excluding hydrogens is 356 g/mol. The van der Waals surface area contributed by atoms with Crippen molar-refractivity contribution >= 4 is 23.4 Å². The summed E-state index contributed by atoms with van der Waals surface area (Å²) < 4.78 is 0. The molecule has 3 rings (SSSR count). The van der Waals surface area contributed by atoms with Crippen LogP contribution in [0.4, 0.5) is 5.69 Å². The lowest BCUT2D eigenvalue weighted by atomic mass is 10.1. The molecule has 2 aromatic carbocycles. The highest BCUT2D eigenvalue weighted by molar-refractivity contribution is 7.99. The quantitative estimate of drug-likeness (QED) is 0.608. The van der Waals surface area contributed by atoms with Crippen LogP contribution < -0.4 is 5.32 Å². The number of hydrogen-bond donors (Lipinski definition) is 2. The smallest absolute Gasteiger partial charge is 0.234 e. The summed E-state index contributed by atoms with van der Waals surface area (Å²) in [6.07, 6.45) is 1.14. The Bertz CT molecular complexity index is 943. The van der Waals surface area contributed by atoms with E-state index in [9.17, 15) is 4.79 Å². The van der Waals surface area contributed by atoms with Crippen LogP contribution in [0.1, 0.15) is 22.5 Å². The first-order valence-electron chi connectivity index (χ1n) is 8.62. The molecule has 0 bridgehead atoms. The summed E-state index contributed by atoms with van der Waals surface area (Å²) in [5, 5.41) is 12.3. The van der Waals surface area contributed by atoms with Gasteiger partial charge in [0.15, 0.2) is 5.16 Å². The summed E-state index contributed by atoms with van der Waals surface area (Å²) in [5.74, 6) is 0.184. The number of aromatic nitrogens is 2. The normalized spacial score (nSPS) is 10.4. The number of nitrogens with one attached hydrogen (secondary N) is 2. The summed E-state index contributed by atoms with van der Waals surface area (Å²) in [6.45, 7) is 2.00. The number of hydrogen-bond acceptors (Lipinski definition) is 4. The van der Waals surface area contributed by atoms with Gasteiger partial charge in [-0.05, 0) is 30.2 Å². The standard InChI is InChI=1S/C21H20N4OS/c1-15-19(13-17-5-3-2-4-6-17)25-21(23-15)27-14-20(26)24-18-9-7-16(8-10-18)11-12-22/h2-10H,11,13-14H2,1H3,(H,23,25)(H,24,26). The lowest BCUT2D eigenvalue weighted by Crippen LogP contribution is -2.14. The van der Waals surface area contributed by atoms with E-state index in [1.165, 1.54) is 17.3 Å². The molecule has 1 aromatic heterocycles. The predicted molar refractivity (Wildman–Crippen MR) is 108 cm³/mol. The summed E-state index contributed by atoms with van der Waals surface area (Å²) in [7, 11) is 0. The second-order valence-electron chi connectivity index (χ2n) is 6.14. The minimum absolute atomic E-state index is 0.0910. The van der Waals surface area contributed by atoms with Crippen LogP contribution >= 0.6 is 11.8 Å². The van der Waals surface area contributed by atoms with Gasteiger partial charge in [0.2, 0.25) is 5.91 Å². The molecule has 136 valence electrons. The second-order valence-corrected chi connectivity index (χ2v) is 7.11. The Morgan fingerprint density at radius 1 is 1.15 bits per heavy atom. The summed E-state index contributed by atoms with van der Waals surface area (Å²) >= 11 is 1.38. The van der Waals surface area contributed by atoms with E-state index in [0.717, 1.165) is 34.2 Å². The fraction of sp³-hybridized carbons (Fsp3) is 0.190. The van der Waals surface area contributed by atoms with E-state index in [0.29, 0.717) is 6.42 Å². The molecule has 0 radical (unpaired) electrons. The van der Waals surface area contributed by atoms with E-state index < -0.39 is 0 Å². The largest absolute Gasteiger partial charge is 0.337 e. The number of carbonyl (C=O) groups excluding carboxylic acids is 1. The monoisotopic (exact) mass is 376 g/mol. The SMILES string of the molecule is Cc1[nH]c(SCC(=O)Nc2ccc(CC#N)cc2)nc1Cc1ccccc1. The molecule has 0 atom stereocenters. The number of nitrogens with zero attached hydrogens (tertiary/aromatic N) is 2. The van der Waals surface area contributed by atoms with Gasteiger partial charge in [0, 0.05) is 17.8 Å². The molecule has 0 saturated heterocycles. The van der Waals surface area contributed by atoms with Crippen LogP contribution in [0.2, 0.25) is 0 Å². The lowest BCUT2D eigenvalue weighted by molar-refractivity contribution is -0.113. The van der Waals surface area contributed by atoms with Crippen molar-refractivity contribution in [1.29, 1.82) is 5.26 Å². The number of amides is 1. The van der Waals surface area contributed by atoms with Gasteiger partial charge in [0.25, 0.3) is 0 Å². The van der Waals surface area contributed by atoms with Crippen LogP contribution in [-0.4, -0.2) is 21.6 Å². The summed E-state index contributed by atoms with van der Waals surface area (Å²) in [4.78, 5) is 20.0. The highest BCUT2D eigenvalue weighted by Gasteiger charge is 2.10. The van der Waals surface area contributed by atoms with E-state index in [-0.39, 0.29) is 11.7 Å². The molecule has 1 heterocycles. The van der Waals surface area contributed by atoms with E-state index in [1.54, 1.807) is 0 Å². The third-order valence-corrected chi connectivity index (χ3v) is 4.91. The van der Waals surface area contributed by atoms with Gasteiger partial charge < -0.3 is 10.3 Å². The van der Waals surface area contributed by atoms with Gasteiger partial charge in [-0.3, -0.25) is 4.79 Å². The maximum absolute atomic E-state index is 12.2. The molecule has 0 aliphatic rings. The van der Waals surface area contributed by atoms with Crippen molar-refractivity contribution in [3.8, 4) is 6.07 Å². The summed E-state index contributed by atoms with van der Waals surface area (Å²) in [6, 6.07) is 19.6. The maximum atomic E-state index is 12.2. The Morgan fingerprint density at radius 3 is 2.59 bits per heavy atom. The molecule has 0 aliphatic heterocycles. The summed E-state index contributed by atoms with van der Waals surface area (Å²) in [5.41, 5.74) is 4.89. The molecule has 0 unspecified atom stereocenters. The Balaban J connectivity index is 1.53. The van der Waals surface area contributed by atoms with Crippen molar-refractivity contribution in [1.82, 2.24) is 9.97 Å². The topological polar surface area (TPSA) is 81.6 Å². The highest BCUT2D eigenvalue weighted by atomic mass is 32.2. The maximum Gasteiger partial charge on any atom is 0.234 e. The van der Waals surface area contributed by atoms with Crippen LogP contribution in [0.5, 0.6) is 0 Å². The van der Waals surface area contributed by atoms with Crippen molar-refractivity contribution in [2.45, 2.75) is 24.9 Å². The van der Waals surface area contributed by atoms with Gasteiger partial charge in [0.1, 0.15) is 0 Å². The average Bonchev–Trinajstić information content (AvgIpc) is 3.02. The highest BCUT2D eigenvalue weighted by Crippen LogP contribution is 2.19. The minimum atomic E-state index is -0.0910. The van der Waals surface area contributed by atoms with E-state index >= 15 is 0 Å². The number of anilines is 1. The fourth-order valence-corrected chi connectivity index (χ4v) is 3.36. The van der Waals surface area contributed by atoms with Crippen LogP contribution in [-0.2, 0) is 17.6 Å². The van der Waals surface area contributed by atoms with Crippen LogP contribution in [0.25, 0.3) is 0 Å². The Labute approximate surface area is 162 Å². The van der Waals surface area contributed by atoms with E-state index in [1.807, 2.05) is 49.4 Å². The first-order valence-corrected chi connectivity index (χ1v) is 9.60. The number of nitriles is 1. The van der Waals surface area contributed by atoms with Gasteiger partial charge >= 0.3 is 0 Å². The third-order valence-electron chi connectivity index (χ3n) is 4.04. The van der Waals surface area contributed by atoms with Gasteiger partial charge in [-0.15, -0.1) is 0 Å². The number of imidazole rings is 1. The number of benzene rings is 2. The molecule has 6 heteroatoms. The zero-order valence-electron chi connectivity index (χ0n) is 15.0. The third kappa shape index (κ3) is 5.47. The number of rotatable bonds is 7. The van der Waals surface area contributed by atoms with Gasteiger partial charge in [-0.2, -0.15) is 5.26 Å². The van der Waals surface area contributed by atoms with Crippen molar-refractivity contribution < 1.29 is 4.79 Å². The lowest BCUT2D eigenvalue weighted by Gasteiger charge is -2.05. The van der Waals surface area contributed by atoms with Crippen molar-refractivity contribution in [2.24, 2.45) is 0 Å². The molecule has 0 fully saturated rings. The molecule has 3 aromatic rings. The number of aromatic amines is 1. The zero-order chi connectivity index (χ0) is 19.1. The van der Waals surface area contributed by atoms with E-state index in [4.69, 9.17) is 5.26 Å². The number of H-pyrrole nitrogens is 1. The fourth-order valence-electron chi connectivity index (χ4n) is 2.62. The molecule has 5 nitrogen and oxygen atoms in total. The molecule has 0 saturated carbocycles. The molecule has 2 N–H and O–H groups in total. The number of thioether (sulfide) groups is 1. The van der Waals surface area contributed by atoms with E-state index in [2.05, 4.69) is 33.5 Å². The van der Waals surface area contributed by atoms with Gasteiger partial charge in [0.05, 0.1) is 23.9 Å². The van der Waals surface area contributed by atoms with Crippen molar-refractivity contribution in [3.63, 3.8) is 0 Å². The van der Waals surface area contributed by atoms with Crippen LogP contribution in [0, 0.1) is 18.3 Å². The van der Waals surface area contributed by atoms with Gasteiger partial charge in [-0.25, -0.2) is 4.98 Å². The average molecular weight is 376 g/mol. The molecule has 27 heavy (non-hydrogen) atoms. The second kappa shape index (κ2) is 9.06. The molecule has 0 spiro atoms. The van der Waals surface area contributed by atoms with Crippen molar-refractivity contribution in [3.05, 3.63) is 77.1 Å². The predicted octanol–water partition coefficient (Wildman–Crippen LogP) is 4.11. The number of aryl methyl sites for hydroxylation is 1. The molecular formula is C21H20N4OS. The van der Waals surface area contributed by atoms with Crippen LogP contribution in [0.3, 0.4) is 0 Å². The minimum Gasteiger partial charge on any atom is -0.337 e. The zero-order valence-corrected chi connectivity index (χ0v) is 15.8. The Morgan fingerprint density at radius 2 is 1.89 bits per heavy atom. The van der Waals surface area contributed by atoms with Crippen molar-refractivity contribution in [2.75, 3.05) is 11.1 Å². The molecule has 1 amide bonds. The molecule has 0 aliphatic carbocycles. The first-order chi connectivity index (χ1) is 13.1. The number of carbonyl (C=O) groups is 1. The Kier molecular flexibility index (Phi) is 6.29. The first kappa shape index (κ1) is 18.7.